The van der Waals surface area contributed by atoms with E-state index in [9.17, 15) is 5.11 Å². The van der Waals surface area contributed by atoms with Crippen LogP contribution in [-0.4, -0.2) is 34.6 Å². The predicted molar refractivity (Wildman–Crippen MR) is 99.8 cm³/mol. The number of piperidine rings is 3. The van der Waals surface area contributed by atoms with Crippen LogP contribution in [0.4, 0.5) is 0 Å². The number of para-hydroxylation sites is 2. The van der Waals surface area contributed by atoms with Crippen molar-refractivity contribution in [3.63, 3.8) is 0 Å². The molecule has 25 heavy (non-hydrogen) atoms. The van der Waals surface area contributed by atoms with Gasteiger partial charge in [0.15, 0.2) is 5.58 Å². The molecule has 0 saturated carbocycles. The summed E-state index contributed by atoms with van der Waals surface area (Å²) in [4.78, 5) is 6.91. The monoisotopic (exact) mass is 356 g/mol. The fraction of sp³-hybridized carbons (Fsp3) is 0.350. The zero-order valence-corrected chi connectivity index (χ0v) is 14.7. The SMILES string of the molecule is Cl.OC1(c2ccc(-c3nc4ccccc4o3)cc2)CN2CCC1CC2. The number of benzene rings is 2. The number of halogens is 1. The lowest BCUT2D eigenvalue weighted by atomic mass is 9.71. The Morgan fingerprint density at radius 1 is 1.04 bits per heavy atom. The Morgan fingerprint density at radius 3 is 2.40 bits per heavy atom. The van der Waals surface area contributed by atoms with Gasteiger partial charge in [0.05, 0.1) is 0 Å². The minimum atomic E-state index is -0.712. The fourth-order valence-electron chi connectivity index (χ4n) is 4.26. The third-order valence-corrected chi connectivity index (χ3v) is 5.65. The molecule has 3 aliphatic heterocycles. The lowest BCUT2D eigenvalue weighted by Gasteiger charge is -2.50. The molecule has 1 atom stereocenters. The van der Waals surface area contributed by atoms with Crippen molar-refractivity contribution in [1.82, 2.24) is 9.88 Å². The number of oxazole rings is 1. The van der Waals surface area contributed by atoms with Gasteiger partial charge >= 0.3 is 0 Å². The van der Waals surface area contributed by atoms with Crippen molar-refractivity contribution >= 4 is 23.5 Å². The smallest absolute Gasteiger partial charge is 0.227 e. The molecule has 3 fully saturated rings. The molecule has 1 aromatic heterocycles. The second-order valence-electron chi connectivity index (χ2n) is 7.04. The van der Waals surface area contributed by atoms with Gasteiger partial charge in [-0.05, 0) is 61.7 Å². The molecular weight excluding hydrogens is 336 g/mol. The summed E-state index contributed by atoms with van der Waals surface area (Å²) in [6, 6.07) is 15.9. The van der Waals surface area contributed by atoms with E-state index in [0.717, 1.165) is 54.7 Å². The Kier molecular flexibility index (Phi) is 4.07. The molecular formula is C20H21ClN2O2. The van der Waals surface area contributed by atoms with Crippen LogP contribution in [-0.2, 0) is 5.60 Å². The molecule has 4 nitrogen and oxygen atoms in total. The minimum absolute atomic E-state index is 0. The Labute approximate surface area is 152 Å². The van der Waals surface area contributed by atoms with Crippen LogP contribution in [0.25, 0.3) is 22.6 Å². The van der Waals surface area contributed by atoms with Gasteiger partial charge in [-0.25, -0.2) is 4.98 Å². The number of aliphatic hydroxyl groups is 1. The summed E-state index contributed by atoms with van der Waals surface area (Å²) in [6.45, 7) is 2.99. The number of aromatic nitrogens is 1. The number of hydrogen-bond acceptors (Lipinski definition) is 4. The summed E-state index contributed by atoms with van der Waals surface area (Å²) < 4.78 is 5.83. The van der Waals surface area contributed by atoms with E-state index in [4.69, 9.17) is 4.42 Å². The van der Waals surface area contributed by atoms with Gasteiger partial charge in [0.2, 0.25) is 5.89 Å². The van der Waals surface area contributed by atoms with Gasteiger partial charge in [-0.2, -0.15) is 0 Å². The van der Waals surface area contributed by atoms with Crippen molar-refractivity contribution in [2.24, 2.45) is 5.92 Å². The summed E-state index contributed by atoms with van der Waals surface area (Å²) in [7, 11) is 0. The first-order valence-electron chi connectivity index (χ1n) is 8.64. The highest BCUT2D eigenvalue weighted by molar-refractivity contribution is 5.85. The summed E-state index contributed by atoms with van der Waals surface area (Å²) in [5, 5.41) is 11.2. The molecule has 2 aromatic carbocycles. The molecule has 1 N–H and O–H groups in total. The number of fused-ring (bicyclic) bond motifs is 4. The predicted octanol–water partition coefficient (Wildman–Crippen LogP) is 3.83. The second kappa shape index (κ2) is 6.13. The van der Waals surface area contributed by atoms with E-state index >= 15 is 0 Å². The molecule has 0 spiro atoms. The van der Waals surface area contributed by atoms with E-state index in [0.29, 0.717) is 11.8 Å². The molecule has 5 heteroatoms. The van der Waals surface area contributed by atoms with E-state index in [2.05, 4.69) is 9.88 Å². The highest BCUT2D eigenvalue weighted by atomic mass is 35.5. The van der Waals surface area contributed by atoms with E-state index in [1.807, 2.05) is 48.5 Å². The minimum Gasteiger partial charge on any atom is -0.436 e. The van der Waals surface area contributed by atoms with Crippen LogP contribution in [0.2, 0.25) is 0 Å². The van der Waals surface area contributed by atoms with Crippen LogP contribution < -0.4 is 0 Å². The number of nitrogens with zero attached hydrogens (tertiary/aromatic N) is 2. The Bertz CT molecular complexity index is 851. The molecule has 130 valence electrons. The number of rotatable bonds is 2. The van der Waals surface area contributed by atoms with Gasteiger partial charge in [0, 0.05) is 12.1 Å². The van der Waals surface area contributed by atoms with Crippen molar-refractivity contribution in [2.45, 2.75) is 18.4 Å². The lowest BCUT2D eigenvalue weighted by molar-refractivity contribution is -0.117. The molecule has 0 radical (unpaired) electrons. The maximum Gasteiger partial charge on any atom is 0.227 e. The van der Waals surface area contributed by atoms with Gasteiger partial charge in [0.25, 0.3) is 0 Å². The van der Waals surface area contributed by atoms with Crippen LogP contribution in [0.5, 0.6) is 0 Å². The van der Waals surface area contributed by atoms with Crippen molar-refractivity contribution in [3.05, 3.63) is 54.1 Å². The molecule has 3 aliphatic rings. The highest BCUT2D eigenvalue weighted by Crippen LogP contribution is 2.42. The average Bonchev–Trinajstić information content (AvgIpc) is 3.07. The zero-order chi connectivity index (χ0) is 16.1. The zero-order valence-electron chi connectivity index (χ0n) is 13.9. The van der Waals surface area contributed by atoms with E-state index < -0.39 is 5.60 Å². The van der Waals surface area contributed by atoms with Crippen molar-refractivity contribution in [1.29, 1.82) is 0 Å². The summed E-state index contributed by atoms with van der Waals surface area (Å²) >= 11 is 0. The normalized spacial score (nSPS) is 28.0. The third kappa shape index (κ3) is 2.65. The molecule has 2 bridgehead atoms. The van der Waals surface area contributed by atoms with Gasteiger partial charge in [0.1, 0.15) is 11.1 Å². The summed E-state index contributed by atoms with van der Waals surface area (Å²) in [6.07, 6.45) is 2.17. The van der Waals surface area contributed by atoms with Crippen LogP contribution in [0.3, 0.4) is 0 Å². The molecule has 1 unspecified atom stereocenters. The first kappa shape index (κ1) is 16.6. The Morgan fingerprint density at radius 2 is 1.76 bits per heavy atom. The average molecular weight is 357 g/mol. The standard InChI is InChI=1S/C20H20N2O2.ClH/c23-20(13-22-11-9-16(20)10-12-22)15-7-5-14(6-8-15)19-21-17-3-1-2-4-18(17)24-19;/h1-8,16,23H,9-13H2;1H. The maximum atomic E-state index is 11.2. The Hall–Kier alpha value is -1.88. The lowest BCUT2D eigenvalue weighted by Crippen LogP contribution is -2.57. The molecule has 4 heterocycles. The summed E-state index contributed by atoms with van der Waals surface area (Å²) in [5.74, 6) is 1.00. The van der Waals surface area contributed by atoms with Crippen LogP contribution in [0.15, 0.2) is 52.9 Å². The van der Waals surface area contributed by atoms with Crippen molar-refractivity contribution < 1.29 is 9.52 Å². The molecule has 6 rings (SSSR count). The maximum absolute atomic E-state index is 11.2. The van der Waals surface area contributed by atoms with Crippen LogP contribution >= 0.6 is 12.4 Å². The molecule has 3 saturated heterocycles. The topological polar surface area (TPSA) is 49.5 Å². The molecule has 3 aromatic rings. The third-order valence-electron chi connectivity index (χ3n) is 5.65. The van der Waals surface area contributed by atoms with Crippen LogP contribution in [0, 0.1) is 5.92 Å². The highest BCUT2D eigenvalue weighted by Gasteiger charge is 2.46. The largest absolute Gasteiger partial charge is 0.436 e. The first-order valence-corrected chi connectivity index (χ1v) is 8.64. The number of hydrogen-bond donors (Lipinski definition) is 1. The quantitative estimate of drug-likeness (QED) is 0.758. The van der Waals surface area contributed by atoms with E-state index in [1.54, 1.807) is 0 Å². The van der Waals surface area contributed by atoms with Gasteiger partial charge < -0.3 is 14.4 Å². The van der Waals surface area contributed by atoms with Gasteiger partial charge in [-0.1, -0.05) is 24.3 Å². The fourth-order valence-corrected chi connectivity index (χ4v) is 4.26. The van der Waals surface area contributed by atoms with E-state index in [1.165, 1.54) is 0 Å². The van der Waals surface area contributed by atoms with E-state index in [-0.39, 0.29) is 12.4 Å². The summed E-state index contributed by atoms with van der Waals surface area (Å²) in [5.41, 5.74) is 2.91. The first-order chi connectivity index (χ1) is 11.7. The second-order valence-corrected chi connectivity index (χ2v) is 7.04. The van der Waals surface area contributed by atoms with Crippen molar-refractivity contribution in [3.8, 4) is 11.5 Å². The van der Waals surface area contributed by atoms with Crippen LogP contribution in [0.1, 0.15) is 18.4 Å². The molecule has 0 amide bonds. The van der Waals surface area contributed by atoms with Gasteiger partial charge in [-0.3, -0.25) is 0 Å². The Balaban J connectivity index is 0.00000157. The van der Waals surface area contributed by atoms with Crippen molar-refractivity contribution in [2.75, 3.05) is 19.6 Å². The molecule has 0 aliphatic carbocycles. The van der Waals surface area contributed by atoms with Gasteiger partial charge in [-0.15, -0.1) is 12.4 Å².